The summed E-state index contributed by atoms with van der Waals surface area (Å²) in [6.45, 7) is 0. The maximum atomic E-state index is 12.2. The van der Waals surface area contributed by atoms with E-state index in [1.807, 2.05) is 11.8 Å². The number of carbonyl (C=O) groups excluding carboxylic acids is 1. The number of carbonyl (C=O) groups is 1. The fourth-order valence-corrected chi connectivity index (χ4v) is 5.62. The molecule has 2 nitrogen and oxygen atoms in total. The Labute approximate surface area is 133 Å². The van der Waals surface area contributed by atoms with Crippen molar-refractivity contribution in [2.45, 2.75) is 88.7 Å². The minimum Gasteiger partial charge on any atom is -0.271 e. The molecule has 0 spiro atoms. The first-order valence-electron chi connectivity index (χ1n) is 9.11. The molecular weight excluding hydrogens is 278 g/mol. The fraction of sp³-hybridized carbons (Fsp3) is 0.889. The van der Waals surface area contributed by atoms with E-state index in [2.05, 4.69) is 4.99 Å². The van der Waals surface area contributed by atoms with Gasteiger partial charge in [-0.2, -0.15) is 0 Å². The molecule has 0 aromatic heterocycles. The molecule has 0 aromatic carbocycles. The van der Waals surface area contributed by atoms with E-state index in [4.69, 9.17) is 0 Å². The number of rotatable bonds is 3. The molecule has 1 atom stereocenters. The third-order valence-corrected chi connectivity index (χ3v) is 6.88. The van der Waals surface area contributed by atoms with Crippen LogP contribution in [0.25, 0.3) is 0 Å². The molecule has 0 saturated heterocycles. The van der Waals surface area contributed by atoms with Gasteiger partial charge in [0.1, 0.15) is 0 Å². The van der Waals surface area contributed by atoms with Crippen LogP contribution < -0.4 is 0 Å². The van der Waals surface area contributed by atoms with Gasteiger partial charge in [0.2, 0.25) is 0 Å². The van der Waals surface area contributed by atoms with Crippen LogP contribution >= 0.6 is 11.8 Å². The Bertz CT molecular complexity index is 379. The lowest BCUT2D eigenvalue weighted by atomic mass is 9.86. The lowest BCUT2D eigenvalue weighted by Gasteiger charge is -2.25. The van der Waals surface area contributed by atoms with Crippen molar-refractivity contribution in [2.24, 2.45) is 16.8 Å². The van der Waals surface area contributed by atoms with Gasteiger partial charge in [0.25, 0.3) is 5.91 Å². The van der Waals surface area contributed by atoms with Crippen molar-refractivity contribution in [3.63, 3.8) is 0 Å². The summed E-state index contributed by atoms with van der Waals surface area (Å²) < 4.78 is 0. The summed E-state index contributed by atoms with van der Waals surface area (Å²) in [6.07, 6.45) is 17.2. The average molecular weight is 308 g/mol. The molecule has 2 saturated carbocycles. The van der Waals surface area contributed by atoms with Crippen LogP contribution in [0, 0.1) is 11.8 Å². The Morgan fingerprint density at radius 3 is 2.14 bits per heavy atom. The largest absolute Gasteiger partial charge is 0.271 e. The van der Waals surface area contributed by atoms with E-state index in [0.717, 1.165) is 12.3 Å². The van der Waals surface area contributed by atoms with E-state index in [9.17, 15) is 4.79 Å². The van der Waals surface area contributed by atoms with Crippen molar-refractivity contribution in [2.75, 3.05) is 0 Å². The zero-order valence-electron chi connectivity index (χ0n) is 13.2. The second-order valence-corrected chi connectivity index (χ2v) is 8.41. The topological polar surface area (TPSA) is 29.4 Å². The van der Waals surface area contributed by atoms with Crippen molar-refractivity contribution >= 4 is 22.7 Å². The standard InChI is InChI=1S/C18H29NOS/c20-18-17(15-11-7-4-8-12-15)21-16(19-18)13-14-9-5-2-1-3-6-10-14/h14-15,17H,1-13H2. The number of hydrogen-bond acceptors (Lipinski definition) is 2. The van der Waals surface area contributed by atoms with Crippen LogP contribution in [0.1, 0.15) is 83.5 Å². The first-order chi connectivity index (χ1) is 10.3. The second-order valence-electron chi connectivity index (χ2n) is 7.20. The second kappa shape index (κ2) is 7.80. The molecule has 1 amide bonds. The molecule has 3 rings (SSSR count). The quantitative estimate of drug-likeness (QED) is 0.702. The number of thioether (sulfide) groups is 1. The smallest absolute Gasteiger partial charge is 0.260 e. The third-order valence-electron chi connectivity index (χ3n) is 5.51. The summed E-state index contributed by atoms with van der Waals surface area (Å²) in [4.78, 5) is 16.7. The molecule has 1 unspecified atom stereocenters. The van der Waals surface area contributed by atoms with Gasteiger partial charge in [-0.05, 0) is 31.1 Å². The van der Waals surface area contributed by atoms with Crippen LogP contribution in [0.5, 0.6) is 0 Å². The molecule has 0 radical (unpaired) electrons. The summed E-state index contributed by atoms with van der Waals surface area (Å²) >= 11 is 1.83. The maximum Gasteiger partial charge on any atom is 0.260 e. The van der Waals surface area contributed by atoms with E-state index in [0.29, 0.717) is 5.92 Å². The summed E-state index contributed by atoms with van der Waals surface area (Å²) in [5, 5.41) is 1.34. The van der Waals surface area contributed by atoms with E-state index in [1.165, 1.54) is 82.1 Å². The van der Waals surface area contributed by atoms with E-state index in [-0.39, 0.29) is 11.2 Å². The summed E-state index contributed by atoms with van der Waals surface area (Å²) in [5.41, 5.74) is 0. The molecule has 21 heavy (non-hydrogen) atoms. The Balaban J connectivity index is 1.52. The molecule has 0 aromatic rings. The summed E-state index contributed by atoms with van der Waals surface area (Å²) in [6, 6.07) is 0. The van der Waals surface area contributed by atoms with E-state index in [1.54, 1.807) is 0 Å². The number of aliphatic imine (C=N–C) groups is 1. The molecule has 3 heteroatoms. The summed E-state index contributed by atoms with van der Waals surface area (Å²) in [7, 11) is 0. The molecular formula is C18H29NOS. The zero-order valence-corrected chi connectivity index (χ0v) is 14.0. The lowest BCUT2D eigenvalue weighted by Crippen LogP contribution is -2.24. The predicted octanol–water partition coefficient (Wildman–Crippen LogP) is 5.36. The minimum absolute atomic E-state index is 0.175. The van der Waals surface area contributed by atoms with Crippen molar-refractivity contribution in [1.82, 2.24) is 0 Å². The highest BCUT2D eigenvalue weighted by Gasteiger charge is 2.36. The molecule has 3 aliphatic rings. The predicted molar refractivity (Wildman–Crippen MR) is 90.8 cm³/mol. The minimum atomic E-state index is 0.175. The molecule has 2 fully saturated rings. The van der Waals surface area contributed by atoms with Crippen molar-refractivity contribution in [3.05, 3.63) is 0 Å². The monoisotopic (exact) mass is 307 g/mol. The Hall–Kier alpha value is -0.310. The maximum absolute atomic E-state index is 12.2. The first kappa shape index (κ1) is 15.6. The van der Waals surface area contributed by atoms with Gasteiger partial charge >= 0.3 is 0 Å². The van der Waals surface area contributed by atoms with Crippen LogP contribution in [0.15, 0.2) is 4.99 Å². The van der Waals surface area contributed by atoms with Gasteiger partial charge in [-0.1, -0.05) is 76.0 Å². The van der Waals surface area contributed by atoms with Gasteiger partial charge in [0.15, 0.2) is 0 Å². The fourth-order valence-electron chi connectivity index (χ4n) is 4.23. The van der Waals surface area contributed by atoms with Gasteiger partial charge < -0.3 is 0 Å². The highest BCUT2D eigenvalue weighted by atomic mass is 32.2. The van der Waals surface area contributed by atoms with Gasteiger partial charge in [-0.3, -0.25) is 4.79 Å². The zero-order chi connectivity index (χ0) is 14.5. The summed E-state index contributed by atoms with van der Waals surface area (Å²) in [5.74, 6) is 1.58. The molecule has 2 aliphatic carbocycles. The highest BCUT2D eigenvalue weighted by molar-refractivity contribution is 8.15. The number of amides is 1. The highest BCUT2D eigenvalue weighted by Crippen LogP contribution is 2.39. The molecule has 1 aliphatic heterocycles. The van der Waals surface area contributed by atoms with Crippen LogP contribution in [0.3, 0.4) is 0 Å². The number of hydrogen-bond donors (Lipinski definition) is 0. The Kier molecular flexibility index (Phi) is 5.79. The van der Waals surface area contributed by atoms with Crippen LogP contribution in [0.2, 0.25) is 0 Å². The van der Waals surface area contributed by atoms with Crippen LogP contribution in [0.4, 0.5) is 0 Å². The van der Waals surface area contributed by atoms with Crippen LogP contribution in [-0.2, 0) is 4.79 Å². The molecule has 0 bridgehead atoms. The molecule has 1 heterocycles. The van der Waals surface area contributed by atoms with Crippen LogP contribution in [-0.4, -0.2) is 16.2 Å². The van der Waals surface area contributed by atoms with Crippen molar-refractivity contribution in [3.8, 4) is 0 Å². The lowest BCUT2D eigenvalue weighted by molar-refractivity contribution is -0.118. The molecule has 0 N–H and O–H groups in total. The number of nitrogens with zero attached hydrogens (tertiary/aromatic N) is 1. The normalized spacial score (nSPS) is 30.0. The third kappa shape index (κ3) is 4.34. The van der Waals surface area contributed by atoms with E-state index < -0.39 is 0 Å². The van der Waals surface area contributed by atoms with Crippen molar-refractivity contribution < 1.29 is 4.79 Å². The van der Waals surface area contributed by atoms with Gasteiger partial charge in [-0.15, -0.1) is 0 Å². The van der Waals surface area contributed by atoms with Gasteiger partial charge in [-0.25, -0.2) is 4.99 Å². The SMILES string of the molecule is O=C1N=C(CC2CCCCCCC2)SC1C1CCCCC1. The van der Waals surface area contributed by atoms with Gasteiger partial charge in [0.05, 0.1) is 10.3 Å². The van der Waals surface area contributed by atoms with E-state index >= 15 is 0 Å². The van der Waals surface area contributed by atoms with Gasteiger partial charge in [0, 0.05) is 0 Å². The Morgan fingerprint density at radius 2 is 1.43 bits per heavy atom. The van der Waals surface area contributed by atoms with Crippen molar-refractivity contribution in [1.29, 1.82) is 0 Å². The Morgan fingerprint density at radius 1 is 0.857 bits per heavy atom. The molecule has 118 valence electrons. The first-order valence-corrected chi connectivity index (χ1v) is 9.99. The average Bonchev–Trinajstić information content (AvgIpc) is 2.83.